The predicted octanol–water partition coefficient (Wildman–Crippen LogP) is 4.58. The Hall–Kier alpha value is -2.08. The number of anilines is 1. The second kappa shape index (κ2) is 7.44. The topological polar surface area (TPSA) is 53.5 Å². The smallest absolute Gasteiger partial charge is 0.267 e. The van der Waals surface area contributed by atoms with Crippen LogP contribution in [0.2, 0.25) is 5.02 Å². The van der Waals surface area contributed by atoms with Crippen LogP contribution < -0.4 is 10.6 Å². The predicted molar refractivity (Wildman–Crippen MR) is 108 cm³/mol. The van der Waals surface area contributed by atoms with E-state index >= 15 is 0 Å². The van der Waals surface area contributed by atoms with Crippen LogP contribution in [0, 0.1) is 0 Å². The summed E-state index contributed by atoms with van der Waals surface area (Å²) >= 11 is 7.76. The first-order valence-electron chi connectivity index (χ1n) is 7.59. The maximum Gasteiger partial charge on any atom is 0.267 e. The fourth-order valence-corrected chi connectivity index (χ4v) is 4.06. The van der Waals surface area contributed by atoms with E-state index in [-0.39, 0.29) is 18.3 Å². The van der Waals surface area contributed by atoms with E-state index in [1.165, 1.54) is 11.3 Å². The molecule has 0 spiro atoms. The van der Waals surface area contributed by atoms with Gasteiger partial charge in [-0.3, -0.25) is 9.79 Å². The number of amidine groups is 1. The zero-order valence-corrected chi connectivity index (χ0v) is 15.5. The van der Waals surface area contributed by atoms with Gasteiger partial charge in [-0.1, -0.05) is 29.8 Å². The summed E-state index contributed by atoms with van der Waals surface area (Å²) in [4.78, 5) is 17.4. The molecule has 2 N–H and O–H groups in total. The molecule has 0 aliphatic carbocycles. The molecule has 0 radical (unpaired) electrons. The summed E-state index contributed by atoms with van der Waals surface area (Å²) in [5.41, 5.74) is 1.75. The first-order chi connectivity index (χ1) is 11.7. The number of carbonyl (C=O) groups excluding carboxylic acids is 1. The Balaban J connectivity index is 0.00000182. The third-order valence-electron chi connectivity index (χ3n) is 3.83. The van der Waals surface area contributed by atoms with E-state index < -0.39 is 0 Å². The van der Waals surface area contributed by atoms with Crippen molar-refractivity contribution < 1.29 is 4.79 Å². The number of hydrogen-bond acceptors (Lipinski definition) is 4. The zero-order valence-electron chi connectivity index (χ0n) is 13.1. The maximum atomic E-state index is 12.5. The van der Waals surface area contributed by atoms with Gasteiger partial charge in [0.05, 0.1) is 11.6 Å². The third-order valence-corrected chi connectivity index (χ3v) is 5.51. The van der Waals surface area contributed by atoms with E-state index in [1.807, 2.05) is 48.5 Å². The van der Waals surface area contributed by atoms with Gasteiger partial charge in [0.2, 0.25) is 0 Å². The number of nitrogens with one attached hydrogen (secondary N) is 2. The van der Waals surface area contributed by atoms with Crippen LogP contribution in [0.1, 0.15) is 15.2 Å². The summed E-state index contributed by atoms with van der Waals surface area (Å²) in [5, 5.41) is 7.55. The summed E-state index contributed by atoms with van der Waals surface area (Å²) in [6.45, 7) is 1.68. The van der Waals surface area contributed by atoms with Crippen molar-refractivity contribution in [3.8, 4) is 0 Å². The molecule has 1 aliphatic heterocycles. The standard InChI is InChI=1S/C18H14ClN3OS.ClH/c19-15-13-3-1-2-4-14(13)24-16(15)18(23)22-12-7-5-11(6-8-12)17-20-9-10-21-17;/h1-8H,9-10H2,(H,20,21)(H,22,23);1H. The molecule has 1 amide bonds. The van der Waals surface area contributed by atoms with Crippen LogP contribution >= 0.6 is 35.3 Å². The Labute approximate surface area is 160 Å². The molecule has 0 bridgehead atoms. The first kappa shape index (κ1) is 17.7. The molecule has 4 nitrogen and oxygen atoms in total. The lowest BCUT2D eigenvalue weighted by molar-refractivity contribution is 0.103. The summed E-state index contributed by atoms with van der Waals surface area (Å²) in [5.74, 6) is 0.714. The minimum atomic E-state index is -0.190. The maximum absolute atomic E-state index is 12.5. The molecule has 0 saturated carbocycles. The van der Waals surface area contributed by atoms with Gasteiger partial charge in [-0.25, -0.2) is 0 Å². The van der Waals surface area contributed by atoms with Gasteiger partial charge in [0.15, 0.2) is 0 Å². The fourth-order valence-electron chi connectivity index (χ4n) is 2.65. The normalized spacial score (nSPS) is 13.1. The third kappa shape index (κ3) is 3.49. The van der Waals surface area contributed by atoms with Crippen molar-refractivity contribution in [2.24, 2.45) is 4.99 Å². The molecule has 3 aromatic rings. The zero-order chi connectivity index (χ0) is 16.5. The van der Waals surface area contributed by atoms with Crippen LogP contribution in [0.4, 0.5) is 5.69 Å². The lowest BCUT2D eigenvalue weighted by Crippen LogP contribution is -2.19. The number of fused-ring (bicyclic) bond motifs is 1. The molecule has 2 heterocycles. The molecule has 7 heteroatoms. The van der Waals surface area contributed by atoms with E-state index in [4.69, 9.17) is 11.6 Å². The van der Waals surface area contributed by atoms with Gasteiger partial charge >= 0.3 is 0 Å². The molecule has 0 atom stereocenters. The highest BCUT2D eigenvalue weighted by Gasteiger charge is 2.17. The van der Waals surface area contributed by atoms with E-state index in [9.17, 15) is 4.79 Å². The minimum absolute atomic E-state index is 0. The average Bonchev–Trinajstić information content (AvgIpc) is 3.24. The molecular weight excluding hydrogens is 377 g/mol. The Bertz CT molecular complexity index is 951. The number of aliphatic imine (C=N–C) groups is 1. The van der Waals surface area contributed by atoms with Gasteiger partial charge in [0.25, 0.3) is 5.91 Å². The highest BCUT2D eigenvalue weighted by atomic mass is 35.5. The number of nitrogens with zero attached hydrogens (tertiary/aromatic N) is 1. The summed E-state index contributed by atoms with van der Waals surface area (Å²) in [7, 11) is 0. The van der Waals surface area contributed by atoms with Crippen LogP contribution in [-0.4, -0.2) is 24.8 Å². The van der Waals surface area contributed by atoms with Crippen LogP contribution in [0.15, 0.2) is 53.5 Å². The second-order valence-corrected chi connectivity index (χ2v) is 6.86. The molecule has 1 aliphatic rings. The van der Waals surface area contributed by atoms with Gasteiger partial charge in [0, 0.05) is 27.9 Å². The quantitative estimate of drug-likeness (QED) is 0.686. The average molecular weight is 392 g/mol. The molecule has 2 aromatic carbocycles. The highest BCUT2D eigenvalue weighted by molar-refractivity contribution is 7.21. The summed E-state index contributed by atoms with van der Waals surface area (Å²) in [6, 6.07) is 15.4. The largest absolute Gasteiger partial charge is 0.368 e. The van der Waals surface area contributed by atoms with Gasteiger partial charge in [0.1, 0.15) is 10.7 Å². The number of amides is 1. The van der Waals surface area contributed by atoms with Gasteiger partial charge in [-0.05, 0) is 30.3 Å². The Morgan fingerprint density at radius 3 is 2.60 bits per heavy atom. The summed E-state index contributed by atoms with van der Waals surface area (Å²) in [6.07, 6.45) is 0. The Morgan fingerprint density at radius 1 is 1.16 bits per heavy atom. The van der Waals surface area contributed by atoms with E-state index in [1.54, 1.807) is 0 Å². The lowest BCUT2D eigenvalue weighted by atomic mass is 10.2. The molecule has 1 aromatic heterocycles. The Morgan fingerprint density at radius 2 is 1.92 bits per heavy atom. The van der Waals surface area contributed by atoms with Crippen molar-refractivity contribution >= 4 is 62.9 Å². The Kier molecular flexibility index (Phi) is 5.27. The minimum Gasteiger partial charge on any atom is -0.368 e. The number of benzene rings is 2. The molecule has 0 unspecified atom stereocenters. The molecule has 4 rings (SSSR count). The van der Waals surface area contributed by atoms with Crippen LogP contribution in [-0.2, 0) is 0 Å². The number of halogens is 2. The highest BCUT2D eigenvalue weighted by Crippen LogP contribution is 2.35. The fraction of sp³-hybridized carbons (Fsp3) is 0.111. The van der Waals surface area contributed by atoms with Crippen molar-refractivity contribution in [1.29, 1.82) is 0 Å². The monoisotopic (exact) mass is 391 g/mol. The molecular formula is C18H15Cl2N3OS. The van der Waals surface area contributed by atoms with E-state index in [0.29, 0.717) is 9.90 Å². The van der Waals surface area contributed by atoms with Crippen molar-refractivity contribution in [1.82, 2.24) is 5.32 Å². The number of thiophene rings is 1. The first-order valence-corrected chi connectivity index (χ1v) is 8.79. The van der Waals surface area contributed by atoms with Crippen LogP contribution in [0.5, 0.6) is 0 Å². The van der Waals surface area contributed by atoms with Crippen molar-refractivity contribution in [3.63, 3.8) is 0 Å². The van der Waals surface area contributed by atoms with Gasteiger partial charge in [-0.2, -0.15) is 0 Å². The van der Waals surface area contributed by atoms with Gasteiger partial charge in [-0.15, -0.1) is 23.7 Å². The number of rotatable bonds is 3. The molecule has 128 valence electrons. The molecule has 25 heavy (non-hydrogen) atoms. The van der Waals surface area contributed by atoms with Gasteiger partial charge < -0.3 is 10.6 Å². The van der Waals surface area contributed by atoms with Crippen LogP contribution in [0.25, 0.3) is 10.1 Å². The van der Waals surface area contributed by atoms with Crippen LogP contribution in [0.3, 0.4) is 0 Å². The second-order valence-electron chi connectivity index (χ2n) is 5.43. The molecule has 0 saturated heterocycles. The molecule has 0 fully saturated rings. The SMILES string of the molecule is Cl.O=C(Nc1ccc(C2=NCCN2)cc1)c1sc2ccccc2c1Cl. The summed E-state index contributed by atoms with van der Waals surface area (Å²) < 4.78 is 1.01. The number of hydrogen-bond donors (Lipinski definition) is 2. The lowest BCUT2D eigenvalue weighted by Gasteiger charge is -2.06. The van der Waals surface area contributed by atoms with Crippen molar-refractivity contribution in [3.05, 3.63) is 64.0 Å². The van der Waals surface area contributed by atoms with Crippen molar-refractivity contribution in [2.75, 3.05) is 18.4 Å². The van der Waals surface area contributed by atoms with Crippen molar-refractivity contribution in [2.45, 2.75) is 0 Å². The van der Waals surface area contributed by atoms with E-state index in [0.717, 1.165) is 40.3 Å². The number of carbonyl (C=O) groups is 1. The van der Waals surface area contributed by atoms with E-state index in [2.05, 4.69) is 15.6 Å².